The minimum absolute atomic E-state index is 0.0262. The van der Waals surface area contributed by atoms with Gasteiger partial charge in [-0.15, -0.1) is 0 Å². The third-order valence-electron chi connectivity index (χ3n) is 8.94. The predicted octanol–water partition coefficient (Wildman–Crippen LogP) is 8.63. The number of ether oxygens (including phenoxy) is 1. The van der Waals surface area contributed by atoms with Gasteiger partial charge in [-0.2, -0.15) is 4.98 Å². The van der Waals surface area contributed by atoms with Crippen molar-refractivity contribution in [3.8, 4) is 11.1 Å². The van der Waals surface area contributed by atoms with Gasteiger partial charge in [-0.25, -0.2) is 9.78 Å². The molecule has 0 radical (unpaired) electrons. The Bertz CT molecular complexity index is 2020. The standard InChI is InChI=1S/C33H31N5O6.C4H10.C2H6/c1-19(39)27-16-22-18-34-33(36-31(22)38(27)24-5-2-3-6-24)35-23-14-20(13-21(15-23)32(41)42)25-7-4-8-26-28(40)17-29(44-30(25)26)37-9-11-43-12-10-37;1-3-4-2;1-2/h4,7-8,13-18,24H,2-3,5-6,9-12H2,1H3,(H,41,42)(H,34,35,36);3-4H2,1-2H3;1-2H3. The number of anilines is 3. The largest absolute Gasteiger partial charge is 0.478 e. The van der Waals surface area contributed by atoms with Gasteiger partial charge in [-0.3, -0.25) is 9.59 Å². The summed E-state index contributed by atoms with van der Waals surface area (Å²) in [6.07, 6.45) is 8.48. The van der Waals surface area contributed by atoms with Crippen molar-refractivity contribution >= 4 is 51.3 Å². The highest BCUT2D eigenvalue weighted by Crippen LogP contribution is 2.36. The molecule has 2 aromatic carbocycles. The molecule has 50 heavy (non-hydrogen) atoms. The molecule has 0 spiro atoms. The lowest BCUT2D eigenvalue weighted by atomic mass is 9.99. The summed E-state index contributed by atoms with van der Waals surface area (Å²) in [6.45, 7) is 12.2. The van der Waals surface area contributed by atoms with Crippen LogP contribution < -0.4 is 15.6 Å². The van der Waals surface area contributed by atoms with E-state index in [1.807, 2.05) is 29.4 Å². The molecule has 264 valence electrons. The number of carbonyl (C=O) groups excluding carboxylic acids is 1. The zero-order chi connectivity index (χ0) is 35.8. The highest BCUT2D eigenvalue weighted by Gasteiger charge is 2.25. The van der Waals surface area contributed by atoms with Gasteiger partial charge in [0, 0.05) is 55.0 Å². The van der Waals surface area contributed by atoms with E-state index >= 15 is 0 Å². The lowest BCUT2D eigenvalue weighted by molar-refractivity contribution is 0.0696. The molecule has 1 aliphatic carbocycles. The first-order valence-corrected chi connectivity index (χ1v) is 17.7. The summed E-state index contributed by atoms with van der Waals surface area (Å²) in [6, 6.07) is 13.6. The number of aromatic carboxylic acids is 1. The second kappa shape index (κ2) is 16.6. The summed E-state index contributed by atoms with van der Waals surface area (Å²) >= 11 is 0. The fourth-order valence-corrected chi connectivity index (χ4v) is 6.31. The first-order valence-electron chi connectivity index (χ1n) is 17.7. The van der Waals surface area contributed by atoms with Gasteiger partial charge in [0.1, 0.15) is 11.2 Å². The number of unbranched alkanes of at least 4 members (excludes halogenated alkanes) is 1. The van der Waals surface area contributed by atoms with Crippen LogP contribution in [0.3, 0.4) is 0 Å². The van der Waals surface area contributed by atoms with Crippen molar-refractivity contribution in [2.45, 2.75) is 79.2 Å². The zero-order valence-electron chi connectivity index (χ0n) is 29.6. The number of rotatable bonds is 8. The Balaban J connectivity index is 0.000000758. The number of para-hydroxylation sites is 1. The number of nitrogens with zero attached hydrogens (tertiary/aromatic N) is 4. The van der Waals surface area contributed by atoms with Crippen molar-refractivity contribution in [1.82, 2.24) is 14.5 Å². The molecule has 1 saturated carbocycles. The first kappa shape index (κ1) is 36.3. The molecule has 0 unspecified atom stereocenters. The molecular formula is C39H47N5O6. The number of ketones is 1. The number of fused-ring (bicyclic) bond motifs is 2. The molecule has 0 atom stereocenters. The fourth-order valence-electron chi connectivity index (χ4n) is 6.31. The van der Waals surface area contributed by atoms with E-state index in [9.17, 15) is 19.5 Å². The van der Waals surface area contributed by atoms with E-state index in [1.54, 1.807) is 43.5 Å². The topological polar surface area (TPSA) is 140 Å². The molecule has 2 N–H and O–H groups in total. The number of carboxylic acids is 1. The Labute approximate surface area is 292 Å². The highest BCUT2D eigenvalue weighted by atomic mass is 16.5. The van der Waals surface area contributed by atoms with Crippen LogP contribution in [0.15, 0.2) is 63.9 Å². The Morgan fingerprint density at radius 3 is 2.38 bits per heavy atom. The quantitative estimate of drug-likeness (QED) is 0.153. The average molecular weight is 682 g/mol. The number of aromatic nitrogens is 3. The molecule has 2 fully saturated rings. The van der Waals surface area contributed by atoms with Crippen molar-refractivity contribution in [2.75, 3.05) is 36.5 Å². The Hall–Kier alpha value is -5.03. The third-order valence-corrected chi connectivity index (χ3v) is 8.94. The molecule has 5 aromatic rings. The Morgan fingerprint density at radius 1 is 1.00 bits per heavy atom. The number of Topliss-reactive ketones (excluding diaryl/α,β-unsaturated/α-hetero) is 1. The first-order chi connectivity index (χ1) is 24.3. The van der Waals surface area contributed by atoms with Crippen molar-refractivity contribution in [3.63, 3.8) is 0 Å². The number of nitrogens with one attached hydrogen (secondary N) is 1. The van der Waals surface area contributed by atoms with Crippen LogP contribution in [0.25, 0.3) is 33.1 Å². The van der Waals surface area contributed by atoms with Crippen LogP contribution in [0.2, 0.25) is 0 Å². The fraction of sp³-hybridized carbons (Fsp3) is 0.410. The number of benzene rings is 2. The van der Waals surface area contributed by atoms with Gasteiger partial charge < -0.3 is 29.0 Å². The predicted molar refractivity (Wildman–Crippen MR) is 198 cm³/mol. The van der Waals surface area contributed by atoms with Gasteiger partial charge >= 0.3 is 5.97 Å². The van der Waals surface area contributed by atoms with Crippen molar-refractivity contribution in [1.29, 1.82) is 0 Å². The summed E-state index contributed by atoms with van der Waals surface area (Å²) < 4.78 is 13.8. The van der Waals surface area contributed by atoms with Crippen LogP contribution in [0.4, 0.5) is 17.5 Å². The third kappa shape index (κ3) is 7.89. The lowest BCUT2D eigenvalue weighted by Crippen LogP contribution is -2.36. The number of carboxylic acid groups (broad SMARTS) is 1. The van der Waals surface area contributed by atoms with Crippen LogP contribution in [0, 0.1) is 0 Å². The minimum atomic E-state index is -1.11. The van der Waals surface area contributed by atoms with E-state index in [0.29, 0.717) is 71.3 Å². The van der Waals surface area contributed by atoms with Gasteiger partial charge in [0.05, 0.1) is 29.9 Å². The molecule has 1 aliphatic heterocycles. The highest BCUT2D eigenvalue weighted by molar-refractivity contribution is 5.99. The smallest absolute Gasteiger partial charge is 0.335 e. The molecule has 0 bridgehead atoms. The molecule has 11 heteroatoms. The Kier molecular flexibility index (Phi) is 12.0. The van der Waals surface area contributed by atoms with E-state index in [-0.39, 0.29) is 28.8 Å². The molecule has 4 heterocycles. The van der Waals surface area contributed by atoms with Crippen LogP contribution in [-0.4, -0.2) is 57.7 Å². The van der Waals surface area contributed by atoms with Crippen LogP contribution >= 0.6 is 0 Å². The van der Waals surface area contributed by atoms with Crippen molar-refractivity contribution in [2.24, 2.45) is 0 Å². The molecule has 3 aromatic heterocycles. The van der Waals surface area contributed by atoms with Gasteiger partial charge in [-0.05, 0) is 48.7 Å². The maximum absolute atomic E-state index is 13.1. The maximum atomic E-state index is 13.1. The number of hydrogen-bond acceptors (Lipinski definition) is 9. The van der Waals surface area contributed by atoms with Crippen molar-refractivity contribution < 1.29 is 23.8 Å². The van der Waals surface area contributed by atoms with E-state index < -0.39 is 5.97 Å². The minimum Gasteiger partial charge on any atom is -0.478 e. The summed E-state index contributed by atoms with van der Waals surface area (Å²) in [5.41, 5.74) is 3.10. The van der Waals surface area contributed by atoms with Gasteiger partial charge in [0.15, 0.2) is 17.1 Å². The zero-order valence-corrected chi connectivity index (χ0v) is 29.6. The summed E-state index contributed by atoms with van der Waals surface area (Å²) in [7, 11) is 0. The SMILES string of the molecule is CC.CC(=O)c1cc2cnc(Nc3cc(C(=O)O)cc(-c4cccc5c(=O)cc(N6CCOCC6)oc45)c3)nc2n1C1CCCC1.CCCC. The average Bonchev–Trinajstić information content (AvgIpc) is 3.81. The monoisotopic (exact) mass is 681 g/mol. The second-order valence-corrected chi connectivity index (χ2v) is 12.3. The van der Waals surface area contributed by atoms with E-state index in [0.717, 1.165) is 31.1 Å². The van der Waals surface area contributed by atoms with Gasteiger partial charge in [0.25, 0.3) is 0 Å². The van der Waals surface area contributed by atoms with Crippen LogP contribution in [0.1, 0.15) is 100 Å². The van der Waals surface area contributed by atoms with E-state index in [4.69, 9.17) is 14.1 Å². The van der Waals surface area contributed by atoms with E-state index in [1.165, 1.54) is 25.0 Å². The number of morpholine rings is 1. The summed E-state index contributed by atoms with van der Waals surface area (Å²) in [5.74, 6) is -0.412. The normalized spacial score (nSPS) is 14.5. The number of hydrogen-bond donors (Lipinski definition) is 2. The molecule has 7 rings (SSSR count). The molecule has 1 saturated heterocycles. The molecule has 0 amide bonds. The lowest BCUT2D eigenvalue weighted by Gasteiger charge is -2.27. The van der Waals surface area contributed by atoms with Gasteiger partial charge in [-0.1, -0.05) is 65.5 Å². The Morgan fingerprint density at radius 2 is 1.72 bits per heavy atom. The summed E-state index contributed by atoms with van der Waals surface area (Å²) in [4.78, 5) is 49.1. The van der Waals surface area contributed by atoms with Crippen molar-refractivity contribution in [3.05, 3.63) is 76.2 Å². The van der Waals surface area contributed by atoms with Gasteiger partial charge in [0.2, 0.25) is 5.95 Å². The summed E-state index contributed by atoms with van der Waals surface area (Å²) in [5, 5.41) is 14.3. The molecule has 11 nitrogen and oxygen atoms in total. The van der Waals surface area contributed by atoms with E-state index in [2.05, 4.69) is 24.1 Å². The maximum Gasteiger partial charge on any atom is 0.335 e. The number of carbonyl (C=O) groups is 2. The molecular weight excluding hydrogens is 634 g/mol. The molecule has 2 aliphatic rings. The van der Waals surface area contributed by atoms with Crippen LogP contribution in [-0.2, 0) is 4.74 Å². The second-order valence-electron chi connectivity index (χ2n) is 12.3. The van der Waals surface area contributed by atoms with Crippen LogP contribution in [0.5, 0.6) is 0 Å².